The Labute approximate surface area is 188 Å². The number of esters is 1. The van der Waals surface area contributed by atoms with E-state index in [2.05, 4.69) is 13.8 Å². The molecule has 7 heteroatoms. The number of aliphatic hydroxyl groups is 2. The van der Waals surface area contributed by atoms with Crippen molar-refractivity contribution < 1.29 is 34.4 Å². The molecule has 2 aliphatic carbocycles. The number of phenols is 1. The van der Waals surface area contributed by atoms with Crippen molar-refractivity contribution in [3.05, 3.63) is 22.8 Å². The molecule has 1 heterocycles. The fourth-order valence-corrected chi connectivity index (χ4v) is 7.24. The van der Waals surface area contributed by atoms with E-state index in [1.807, 2.05) is 13.8 Å². The Bertz CT molecular complexity index is 954. The lowest BCUT2D eigenvalue weighted by Crippen LogP contribution is -2.69. The predicted octanol–water partition coefficient (Wildman–Crippen LogP) is 3.15. The van der Waals surface area contributed by atoms with Crippen LogP contribution in [-0.2, 0) is 22.6 Å². The lowest BCUT2D eigenvalue weighted by molar-refractivity contribution is -0.245. The third kappa shape index (κ3) is 2.93. The van der Waals surface area contributed by atoms with Crippen LogP contribution in [-0.4, -0.2) is 45.4 Å². The highest BCUT2D eigenvalue weighted by Gasteiger charge is 2.69. The van der Waals surface area contributed by atoms with Crippen molar-refractivity contribution in [1.82, 2.24) is 0 Å². The molecule has 0 radical (unpaired) electrons. The first-order valence-corrected chi connectivity index (χ1v) is 11.4. The van der Waals surface area contributed by atoms with Gasteiger partial charge in [-0.05, 0) is 48.1 Å². The van der Waals surface area contributed by atoms with E-state index in [9.17, 15) is 24.9 Å². The van der Waals surface area contributed by atoms with E-state index >= 15 is 0 Å². The molecule has 176 valence electrons. The van der Waals surface area contributed by atoms with Crippen molar-refractivity contribution in [2.24, 2.45) is 22.7 Å². The van der Waals surface area contributed by atoms with Gasteiger partial charge >= 0.3 is 5.97 Å². The van der Waals surface area contributed by atoms with E-state index in [1.54, 1.807) is 0 Å². The molecule has 6 atom stereocenters. The highest BCUT2D eigenvalue weighted by Crippen LogP contribution is 2.67. The van der Waals surface area contributed by atoms with Crippen LogP contribution in [0.3, 0.4) is 0 Å². The maximum Gasteiger partial charge on any atom is 0.302 e. The minimum atomic E-state index is -0.807. The SMILES string of the molecule is CC(=O)O[C@@H]1C[C@]2(C)[C@H](CC[C@H](C)[C@@]23Cc2c(O)cc(CO)c(C=O)c2O3)C(C)(C)[C@H]1O. The Morgan fingerprint density at radius 1 is 1.31 bits per heavy atom. The second-order valence-electron chi connectivity index (χ2n) is 10.8. The number of hydrogen-bond acceptors (Lipinski definition) is 7. The van der Waals surface area contributed by atoms with Gasteiger partial charge in [0.15, 0.2) is 6.29 Å². The first-order valence-electron chi connectivity index (χ1n) is 11.4. The summed E-state index contributed by atoms with van der Waals surface area (Å²) in [6.07, 6.45) is 1.78. The molecule has 4 rings (SSSR count). The highest BCUT2D eigenvalue weighted by atomic mass is 16.6. The number of benzene rings is 1. The highest BCUT2D eigenvalue weighted by molar-refractivity contribution is 5.84. The summed E-state index contributed by atoms with van der Waals surface area (Å²) in [4.78, 5) is 23.8. The molecule has 1 aromatic carbocycles. The van der Waals surface area contributed by atoms with Gasteiger partial charge in [-0.2, -0.15) is 0 Å². The van der Waals surface area contributed by atoms with Gasteiger partial charge in [0.1, 0.15) is 23.2 Å². The smallest absolute Gasteiger partial charge is 0.302 e. The van der Waals surface area contributed by atoms with Crippen LogP contribution in [0.1, 0.15) is 75.4 Å². The molecule has 3 aliphatic rings. The summed E-state index contributed by atoms with van der Waals surface area (Å²) in [5.74, 6) is 0.0776. The Balaban J connectivity index is 1.87. The zero-order chi connectivity index (χ0) is 23.6. The summed E-state index contributed by atoms with van der Waals surface area (Å²) < 4.78 is 12.3. The van der Waals surface area contributed by atoms with Crippen LogP contribution in [0.15, 0.2) is 6.07 Å². The third-order valence-corrected chi connectivity index (χ3v) is 8.87. The number of aldehydes is 1. The van der Waals surface area contributed by atoms with Gasteiger partial charge in [-0.15, -0.1) is 0 Å². The van der Waals surface area contributed by atoms with E-state index in [0.29, 0.717) is 36.0 Å². The molecular formula is C25H34O7. The van der Waals surface area contributed by atoms with Crippen molar-refractivity contribution in [1.29, 1.82) is 0 Å². The Morgan fingerprint density at radius 3 is 2.59 bits per heavy atom. The number of fused-ring (bicyclic) bond motifs is 3. The molecule has 32 heavy (non-hydrogen) atoms. The molecule has 0 unspecified atom stereocenters. The summed E-state index contributed by atoms with van der Waals surface area (Å²) in [7, 11) is 0. The second kappa shape index (κ2) is 7.45. The molecule has 1 spiro atoms. The zero-order valence-corrected chi connectivity index (χ0v) is 19.5. The molecule has 2 fully saturated rings. The number of aliphatic hydroxyl groups excluding tert-OH is 2. The normalized spacial score (nSPS) is 37.3. The van der Waals surface area contributed by atoms with E-state index in [0.717, 1.165) is 12.8 Å². The number of ether oxygens (including phenoxy) is 2. The summed E-state index contributed by atoms with van der Waals surface area (Å²) in [5.41, 5.74) is -0.622. The second-order valence-corrected chi connectivity index (χ2v) is 10.8. The van der Waals surface area contributed by atoms with E-state index in [-0.39, 0.29) is 29.8 Å². The molecule has 2 saturated carbocycles. The molecule has 0 amide bonds. The van der Waals surface area contributed by atoms with Gasteiger partial charge in [0.25, 0.3) is 0 Å². The van der Waals surface area contributed by atoms with Crippen LogP contribution >= 0.6 is 0 Å². The van der Waals surface area contributed by atoms with Gasteiger partial charge < -0.3 is 24.8 Å². The molecule has 1 aliphatic heterocycles. The van der Waals surface area contributed by atoms with Crippen LogP contribution in [0, 0.1) is 22.7 Å². The molecule has 7 nitrogen and oxygen atoms in total. The molecule has 0 aromatic heterocycles. The molecule has 3 N–H and O–H groups in total. The minimum Gasteiger partial charge on any atom is -0.508 e. The monoisotopic (exact) mass is 446 g/mol. The van der Waals surface area contributed by atoms with Gasteiger partial charge in [-0.25, -0.2) is 0 Å². The largest absolute Gasteiger partial charge is 0.508 e. The number of hydrogen-bond donors (Lipinski definition) is 3. The lowest BCUT2D eigenvalue weighted by atomic mass is 9.43. The summed E-state index contributed by atoms with van der Waals surface area (Å²) in [6.45, 7) is 9.25. The Kier molecular flexibility index (Phi) is 5.37. The summed E-state index contributed by atoms with van der Waals surface area (Å²) in [6, 6.07) is 1.44. The van der Waals surface area contributed by atoms with Crippen LogP contribution < -0.4 is 4.74 Å². The maximum atomic E-state index is 11.9. The van der Waals surface area contributed by atoms with Crippen molar-refractivity contribution in [3.63, 3.8) is 0 Å². The molecule has 1 aromatic rings. The maximum absolute atomic E-state index is 11.9. The number of carbonyl (C=O) groups is 2. The average Bonchev–Trinajstić information content (AvgIpc) is 3.13. The molecular weight excluding hydrogens is 412 g/mol. The van der Waals surface area contributed by atoms with E-state index in [4.69, 9.17) is 9.47 Å². The number of rotatable bonds is 3. The zero-order valence-electron chi connectivity index (χ0n) is 19.5. The number of carbonyl (C=O) groups excluding carboxylic acids is 2. The van der Waals surface area contributed by atoms with Crippen molar-refractivity contribution >= 4 is 12.3 Å². The number of aromatic hydroxyl groups is 1. The van der Waals surface area contributed by atoms with Crippen LogP contribution in [0.2, 0.25) is 0 Å². The van der Waals surface area contributed by atoms with Gasteiger partial charge in [-0.3, -0.25) is 9.59 Å². The van der Waals surface area contributed by atoms with Gasteiger partial charge in [-0.1, -0.05) is 27.7 Å². The standard InChI is InChI=1S/C25H34O7/c1-13-6-7-20-23(3,4)22(30)19(31-14(2)28)10-24(20,5)25(13)9-16-18(29)8-15(11-26)17(12-27)21(16)32-25/h8,12-13,19-20,22,26,29-30H,6-7,9-11H2,1-5H3/t13-,19+,20+,22-,24+,25-/m0/s1. The molecule has 0 bridgehead atoms. The van der Waals surface area contributed by atoms with E-state index < -0.39 is 34.6 Å². The first-order chi connectivity index (χ1) is 14.9. The fraction of sp³-hybridized carbons (Fsp3) is 0.680. The topological polar surface area (TPSA) is 113 Å². The van der Waals surface area contributed by atoms with E-state index in [1.165, 1.54) is 13.0 Å². The van der Waals surface area contributed by atoms with Crippen LogP contribution in [0.4, 0.5) is 0 Å². The lowest BCUT2D eigenvalue weighted by Gasteiger charge is -2.65. The summed E-state index contributed by atoms with van der Waals surface area (Å²) in [5, 5.41) is 31.6. The summed E-state index contributed by atoms with van der Waals surface area (Å²) >= 11 is 0. The Morgan fingerprint density at radius 2 is 2.00 bits per heavy atom. The fourth-order valence-electron chi connectivity index (χ4n) is 7.24. The van der Waals surface area contributed by atoms with Crippen molar-refractivity contribution in [2.45, 2.75) is 84.7 Å². The quantitative estimate of drug-likeness (QED) is 0.483. The van der Waals surface area contributed by atoms with Crippen molar-refractivity contribution in [2.75, 3.05) is 0 Å². The minimum absolute atomic E-state index is 0.0103. The van der Waals surface area contributed by atoms with Gasteiger partial charge in [0.2, 0.25) is 0 Å². The van der Waals surface area contributed by atoms with Crippen molar-refractivity contribution in [3.8, 4) is 11.5 Å². The number of phenolic OH excluding ortho intramolecular Hbond substituents is 1. The van der Waals surface area contributed by atoms with Crippen LogP contribution in [0.5, 0.6) is 11.5 Å². The van der Waals surface area contributed by atoms with Crippen LogP contribution in [0.25, 0.3) is 0 Å². The average molecular weight is 447 g/mol. The molecule has 0 saturated heterocycles. The first kappa shape index (κ1) is 23.1. The van der Waals surface area contributed by atoms with Gasteiger partial charge in [0.05, 0.1) is 18.3 Å². The van der Waals surface area contributed by atoms with Gasteiger partial charge in [0, 0.05) is 24.3 Å². The third-order valence-electron chi connectivity index (χ3n) is 8.87. The Hall–Kier alpha value is -2.12. The predicted molar refractivity (Wildman–Crippen MR) is 116 cm³/mol.